The normalized spacial score (nSPS) is 11.2. The summed E-state index contributed by atoms with van der Waals surface area (Å²) in [7, 11) is 0. The van der Waals surface area contributed by atoms with Gasteiger partial charge in [-0.1, -0.05) is 13.8 Å². The highest BCUT2D eigenvalue weighted by molar-refractivity contribution is 5.78. The van der Waals surface area contributed by atoms with E-state index < -0.39 is 0 Å². The summed E-state index contributed by atoms with van der Waals surface area (Å²) in [6.45, 7) is 7.68. The van der Waals surface area contributed by atoms with Gasteiger partial charge in [0, 0.05) is 37.1 Å². The molecule has 7 heteroatoms. The van der Waals surface area contributed by atoms with Gasteiger partial charge >= 0.3 is 0 Å². The van der Waals surface area contributed by atoms with E-state index >= 15 is 0 Å². The lowest BCUT2D eigenvalue weighted by Gasteiger charge is -2.18. The van der Waals surface area contributed by atoms with Crippen LogP contribution in [0.25, 0.3) is 22.6 Å². The van der Waals surface area contributed by atoms with Gasteiger partial charge < -0.3 is 19.6 Å². The molecule has 0 aliphatic heterocycles. The van der Waals surface area contributed by atoms with Crippen molar-refractivity contribution in [2.75, 3.05) is 25.4 Å². The number of hydrogen-bond donors (Lipinski definition) is 1. The number of hydrogen-bond acceptors (Lipinski definition) is 6. The second kappa shape index (κ2) is 7.97. The smallest absolute Gasteiger partial charge is 0.251 e. The number of nitrogens with two attached hydrogens (primary N) is 1. The standard InChI is InChI=1S/C19H23N5O2/c1-3-23(4-2)9-10-24-8-7-14(12-17(24)25)15-13-21-19(20)22-18(15)16-6-5-11-26-16/h5-8,11-13H,3-4,9-10H2,1-2H3,(H2,20,21,22). The number of pyridine rings is 1. The minimum atomic E-state index is -0.0584. The predicted octanol–water partition coefficient (Wildman–Crippen LogP) is 2.49. The predicted molar refractivity (Wildman–Crippen MR) is 102 cm³/mol. The van der Waals surface area contributed by atoms with Gasteiger partial charge in [-0.05, 0) is 36.9 Å². The highest BCUT2D eigenvalue weighted by Crippen LogP contribution is 2.29. The third kappa shape index (κ3) is 3.83. The molecule has 3 aromatic heterocycles. The number of aromatic nitrogens is 3. The Morgan fingerprint density at radius 1 is 1.27 bits per heavy atom. The third-order valence-corrected chi connectivity index (χ3v) is 4.42. The van der Waals surface area contributed by atoms with Crippen molar-refractivity contribution in [2.45, 2.75) is 20.4 Å². The fraction of sp³-hybridized carbons (Fsp3) is 0.316. The van der Waals surface area contributed by atoms with E-state index in [-0.39, 0.29) is 11.5 Å². The molecule has 0 aliphatic carbocycles. The minimum Gasteiger partial charge on any atom is -0.463 e. The van der Waals surface area contributed by atoms with Crippen LogP contribution < -0.4 is 11.3 Å². The van der Waals surface area contributed by atoms with E-state index in [2.05, 4.69) is 28.7 Å². The molecule has 2 N–H and O–H groups in total. The van der Waals surface area contributed by atoms with Crippen LogP contribution in [0.1, 0.15) is 13.8 Å². The second-order valence-electron chi connectivity index (χ2n) is 5.94. The molecule has 3 heterocycles. The van der Waals surface area contributed by atoms with Crippen molar-refractivity contribution in [3.8, 4) is 22.6 Å². The van der Waals surface area contributed by atoms with Crippen molar-refractivity contribution in [1.29, 1.82) is 0 Å². The Balaban J connectivity index is 1.92. The van der Waals surface area contributed by atoms with Gasteiger partial charge in [-0.15, -0.1) is 0 Å². The molecule has 0 aromatic carbocycles. The Hall–Kier alpha value is -2.93. The van der Waals surface area contributed by atoms with Crippen molar-refractivity contribution >= 4 is 5.95 Å². The summed E-state index contributed by atoms with van der Waals surface area (Å²) < 4.78 is 7.16. The van der Waals surface area contributed by atoms with E-state index in [1.54, 1.807) is 35.2 Å². The maximum Gasteiger partial charge on any atom is 0.251 e. The highest BCUT2D eigenvalue weighted by Gasteiger charge is 2.14. The molecule has 0 bridgehead atoms. The van der Waals surface area contributed by atoms with E-state index in [1.165, 1.54) is 0 Å². The molecule has 0 saturated carbocycles. The summed E-state index contributed by atoms with van der Waals surface area (Å²) in [5.74, 6) is 0.743. The quantitative estimate of drug-likeness (QED) is 0.702. The zero-order chi connectivity index (χ0) is 18.5. The number of rotatable bonds is 7. The van der Waals surface area contributed by atoms with Gasteiger partial charge in [0.15, 0.2) is 5.76 Å². The maximum atomic E-state index is 12.5. The third-order valence-electron chi connectivity index (χ3n) is 4.42. The monoisotopic (exact) mass is 353 g/mol. The van der Waals surface area contributed by atoms with E-state index in [4.69, 9.17) is 10.2 Å². The molecular weight excluding hydrogens is 330 g/mol. The molecule has 0 aliphatic rings. The molecule has 7 nitrogen and oxygen atoms in total. The van der Waals surface area contributed by atoms with Crippen LogP contribution in [0.2, 0.25) is 0 Å². The lowest BCUT2D eigenvalue weighted by Crippen LogP contribution is -2.30. The molecule has 0 spiro atoms. The zero-order valence-electron chi connectivity index (χ0n) is 15.1. The Bertz CT molecular complexity index is 914. The molecular formula is C19H23N5O2. The minimum absolute atomic E-state index is 0.0584. The average molecular weight is 353 g/mol. The molecule has 0 radical (unpaired) electrons. The molecule has 0 fully saturated rings. The second-order valence-corrected chi connectivity index (χ2v) is 5.94. The van der Waals surface area contributed by atoms with Gasteiger partial charge in [-0.25, -0.2) is 9.97 Å². The zero-order valence-corrected chi connectivity index (χ0v) is 15.1. The van der Waals surface area contributed by atoms with Gasteiger partial charge in [-0.3, -0.25) is 4.79 Å². The van der Waals surface area contributed by atoms with E-state index in [9.17, 15) is 4.79 Å². The Kier molecular flexibility index (Phi) is 5.48. The Morgan fingerprint density at radius 3 is 2.73 bits per heavy atom. The molecule has 0 unspecified atom stereocenters. The van der Waals surface area contributed by atoms with Crippen LogP contribution >= 0.6 is 0 Å². The van der Waals surface area contributed by atoms with Gasteiger partial charge in [0.1, 0.15) is 5.69 Å². The molecule has 0 atom stereocenters. The lowest BCUT2D eigenvalue weighted by molar-refractivity contribution is 0.289. The van der Waals surface area contributed by atoms with Gasteiger partial charge in [-0.2, -0.15) is 0 Å². The van der Waals surface area contributed by atoms with E-state index in [0.717, 1.165) is 25.2 Å². The average Bonchev–Trinajstić information content (AvgIpc) is 3.18. The first-order valence-corrected chi connectivity index (χ1v) is 8.72. The van der Waals surface area contributed by atoms with Crippen LogP contribution in [0.4, 0.5) is 5.95 Å². The molecule has 136 valence electrons. The molecule has 0 amide bonds. The van der Waals surface area contributed by atoms with Crippen LogP contribution in [0.15, 0.2) is 52.1 Å². The van der Waals surface area contributed by atoms with Gasteiger partial charge in [0.05, 0.1) is 6.26 Å². The first-order chi connectivity index (χ1) is 12.6. The number of likely N-dealkylation sites (N-methyl/N-ethyl adjacent to an activating group) is 1. The summed E-state index contributed by atoms with van der Waals surface area (Å²) in [5.41, 5.74) is 7.69. The number of nitrogens with zero attached hydrogens (tertiary/aromatic N) is 4. The summed E-state index contributed by atoms with van der Waals surface area (Å²) in [5, 5.41) is 0. The van der Waals surface area contributed by atoms with Crippen LogP contribution in [-0.4, -0.2) is 39.1 Å². The maximum absolute atomic E-state index is 12.5. The van der Waals surface area contributed by atoms with E-state index in [1.807, 2.05) is 12.3 Å². The van der Waals surface area contributed by atoms with Crippen molar-refractivity contribution < 1.29 is 4.42 Å². The molecule has 26 heavy (non-hydrogen) atoms. The van der Waals surface area contributed by atoms with Crippen molar-refractivity contribution in [3.05, 3.63) is 53.3 Å². The van der Waals surface area contributed by atoms with E-state index in [0.29, 0.717) is 23.6 Å². The van der Waals surface area contributed by atoms with Crippen LogP contribution in [0, 0.1) is 0 Å². The number of furan rings is 1. The fourth-order valence-electron chi connectivity index (χ4n) is 2.86. The highest BCUT2D eigenvalue weighted by atomic mass is 16.3. The molecule has 0 saturated heterocycles. The number of nitrogen functional groups attached to an aromatic ring is 1. The summed E-state index contributed by atoms with van der Waals surface area (Å²) in [6, 6.07) is 7.08. The Morgan fingerprint density at radius 2 is 2.08 bits per heavy atom. The summed E-state index contributed by atoms with van der Waals surface area (Å²) in [6.07, 6.45) is 5.00. The van der Waals surface area contributed by atoms with Crippen LogP contribution in [-0.2, 0) is 6.54 Å². The van der Waals surface area contributed by atoms with Crippen molar-refractivity contribution in [3.63, 3.8) is 0 Å². The SMILES string of the molecule is CCN(CC)CCn1ccc(-c2cnc(N)nc2-c2ccco2)cc1=O. The Labute approximate surface area is 152 Å². The van der Waals surface area contributed by atoms with Crippen LogP contribution in [0.5, 0.6) is 0 Å². The summed E-state index contributed by atoms with van der Waals surface area (Å²) in [4.78, 5) is 23.2. The summed E-state index contributed by atoms with van der Waals surface area (Å²) >= 11 is 0. The fourth-order valence-corrected chi connectivity index (χ4v) is 2.86. The van der Waals surface area contributed by atoms with Crippen molar-refractivity contribution in [1.82, 2.24) is 19.4 Å². The van der Waals surface area contributed by atoms with Crippen LogP contribution in [0.3, 0.4) is 0 Å². The molecule has 3 rings (SSSR count). The lowest BCUT2D eigenvalue weighted by atomic mass is 10.1. The number of anilines is 1. The van der Waals surface area contributed by atoms with Crippen molar-refractivity contribution in [2.24, 2.45) is 0 Å². The largest absolute Gasteiger partial charge is 0.463 e. The van der Waals surface area contributed by atoms with Gasteiger partial charge in [0.25, 0.3) is 5.56 Å². The van der Waals surface area contributed by atoms with Gasteiger partial charge in [0.2, 0.25) is 5.95 Å². The topological polar surface area (TPSA) is 90.2 Å². The molecule has 3 aromatic rings. The first kappa shape index (κ1) is 17.9. The first-order valence-electron chi connectivity index (χ1n) is 8.72.